The number of hydrogen-bond donors (Lipinski definition) is 3. The maximum absolute atomic E-state index is 8.98. The minimum atomic E-state index is -0.582. The Balaban J connectivity index is 2.23. The summed E-state index contributed by atoms with van der Waals surface area (Å²) in [6.07, 6.45) is 0.693. The third kappa shape index (κ3) is 2.52. The van der Waals surface area contributed by atoms with Gasteiger partial charge in [0.05, 0.1) is 6.10 Å². The predicted octanol–water partition coefficient (Wildman–Crippen LogP) is -1.20. The summed E-state index contributed by atoms with van der Waals surface area (Å²) in [6.45, 7) is 0.528. The molecule has 0 aliphatic carbocycles. The number of anilines is 1. The molecule has 62 valence electrons. The lowest BCUT2D eigenvalue weighted by Gasteiger charge is -2.05. The zero-order valence-corrected chi connectivity index (χ0v) is 5.90. The van der Waals surface area contributed by atoms with Gasteiger partial charge >= 0.3 is 6.01 Å². The summed E-state index contributed by atoms with van der Waals surface area (Å²) < 4.78 is 4.60. The van der Waals surface area contributed by atoms with E-state index in [0.29, 0.717) is 6.54 Å². The zero-order valence-electron chi connectivity index (χ0n) is 5.90. The van der Waals surface area contributed by atoms with Gasteiger partial charge < -0.3 is 20.7 Å². The molecule has 6 heteroatoms. The van der Waals surface area contributed by atoms with Crippen molar-refractivity contribution in [2.75, 3.05) is 18.4 Å². The van der Waals surface area contributed by atoms with Crippen molar-refractivity contribution in [3.05, 3.63) is 6.33 Å². The van der Waals surface area contributed by atoms with Gasteiger partial charge in [0.25, 0.3) is 0 Å². The van der Waals surface area contributed by atoms with Crippen molar-refractivity contribution in [2.45, 2.75) is 6.10 Å². The smallest absolute Gasteiger partial charge is 0.321 e. The summed E-state index contributed by atoms with van der Waals surface area (Å²) in [5, 5.41) is 15.0. The number of rotatable bonds is 4. The molecule has 1 unspecified atom stereocenters. The summed E-state index contributed by atoms with van der Waals surface area (Å²) in [5.74, 6) is 0. The van der Waals surface area contributed by atoms with E-state index < -0.39 is 6.10 Å². The maximum atomic E-state index is 8.98. The van der Waals surface area contributed by atoms with E-state index >= 15 is 0 Å². The molecule has 1 atom stereocenters. The Morgan fingerprint density at radius 2 is 2.64 bits per heavy atom. The molecule has 1 heterocycles. The zero-order chi connectivity index (χ0) is 8.10. The number of aliphatic hydroxyl groups is 1. The topological polar surface area (TPSA) is 97.2 Å². The first kappa shape index (κ1) is 7.96. The number of aliphatic hydroxyl groups excluding tert-OH is 1. The molecule has 11 heavy (non-hydrogen) atoms. The van der Waals surface area contributed by atoms with Crippen LogP contribution in [0.4, 0.5) is 6.01 Å². The summed E-state index contributed by atoms with van der Waals surface area (Å²) in [5.41, 5.74) is 5.15. The highest BCUT2D eigenvalue weighted by molar-refractivity contribution is 5.15. The van der Waals surface area contributed by atoms with Crippen LogP contribution in [0.3, 0.4) is 0 Å². The Morgan fingerprint density at radius 1 is 1.82 bits per heavy atom. The number of hydrogen-bond acceptors (Lipinski definition) is 6. The molecule has 0 spiro atoms. The SMILES string of the molecule is NCC(O)CNc1ncno1. The second-order valence-corrected chi connectivity index (χ2v) is 2.02. The van der Waals surface area contributed by atoms with Gasteiger partial charge in [-0.3, -0.25) is 0 Å². The number of nitrogens with zero attached hydrogens (tertiary/aromatic N) is 2. The molecule has 6 nitrogen and oxygen atoms in total. The minimum absolute atomic E-state index is 0.209. The van der Waals surface area contributed by atoms with Crippen molar-refractivity contribution < 1.29 is 9.63 Å². The lowest BCUT2D eigenvalue weighted by molar-refractivity contribution is 0.195. The van der Waals surface area contributed by atoms with E-state index in [1.807, 2.05) is 0 Å². The van der Waals surface area contributed by atoms with Gasteiger partial charge in [0, 0.05) is 13.1 Å². The molecule has 0 radical (unpaired) electrons. The number of nitrogens with two attached hydrogens (primary N) is 1. The van der Waals surface area contributed by atoms with Crippen molar-refractivity contribution in [1.82, 2.24) is 10.1 Å². The highest BCUT2D eigenvalue weighted by atomic mass is 16.5. The molecule has 0 saturated carbocycles. The van der Waals surface area contributed by atoms with Crippen molar-refractivity contribution >= 4 is 6.01 Å². The van der Waals surface area contributed by atoms with Crippen molar-refractivity contribution in [3.63, 3.8) is 0 Å². The largest absolute Gasteiger partial charge is 0.390 e. The van der Waals surface area contributed by atoms with Gasteiger partial charge in [0.1, 0.15) is 0 Å². The third-order valence-electron chi connectivity index (χ3n) is 1.12. The molecule has 0 bridgehead atoms. The normalized spacial score (nSPS) is 12.9. The van der Waals surface area contributed by atoms with Gasteiger partial charge in [0.15, 0.2) is 6.33 Å². The van der Waals surface area contributed by atoms with E-state index in [1.165, 1.54) is 6.33 Å². The Hall–Kier alpha value is -1.14. The molecule has 1 rings (SSSR count). The molecule has 0 aliphatic rings. The molecule has 0 amide bonds. The van der Waals surface area contributed by atoms with E-state index in [0.717, 1.165) is 0 Å². The van der Waals surface area contributed by atoms with Crippen LogP contribution in [0.2, 0.25) is 0 Å². The summed E-state index contributed by atoms with van der Waals surface area (Å²) in [6, 6.07) is 0.289. The van der Waals surface area contributed by atoms with Crippen LogP contribution in [0.15, 0.2) is 10.9 Å². The van der Waals surface area contributed by atoms with Crippen LogP contribution in [0.25, 0.3) is 0 Å². The minimum Gasteiger partial charge on any atom is -0.390 e. The van der Waals surface area contributed by atoms with Gasteiger partial charge in [-0.15, -0.1) is 0 Å². The van der Waals surface area contributed by atoms with Crippen LogP contribution in [0, 0.1) is 0 Å². The van der Waals surface area contributed by atoms with Gasteiger partial charge in [-0.05, 0) is 0 Å². The van der Waals surface area contributed by atoms with Gasteiger partial charge in [-0.1, -0.05) is 5.16 Å². The Bertz CT molecular complexity index is 188. The monoisotopic (exact) mass is 158 g/mol. The summed E-state index contributed by atoms with van der Waals surface area (Å²) in [4.78, 5) is 3.68. The average molecular weight is 158 g/mol. The van der Waals surface area contributed by atoms with E-state index in [1.54, 1.807) is 0 Å². The fraction of sp³-hybridized carbons (Fsp3) is 0.600. The van der Waals surface area contributed by atoms with E-state index in [9.17, 15) is 0 Å². The molecule has 0 aliphatic heterocycles. The second kappa shape index (κ2) is 3.89. The Kier molecular flexibility index (Phi) is 2.82. The highest BCUT2D eigenvalue weighted by Gasteiger charge is 2.02. The first-order chi connectivity index (χ1) is 5.33. The van der Waals surface area contributed by atoms with Crippen LogP contribution in [0.5, 0.6) is 0 Å². The molecule has 4 N–H and O–H groups in total. The van der Waals surface area contributed by atoms with E-state index in [2.05, 4.69) is 20.0 Å². The molecule has 0 aromatic carbocycles. The molecule has 1 aromatic rings. The van der Waals surface area contributed by atoms with Crippen LogP contribution in [-0.2, 0) is 0 Å². The van der Waals surface area contributed by atoms with E-state index in [-0.39, 0.29) is 12.6 Å². The first-order valence-electron chi connectivity index (χ1n) is 3.21. The number of aromatic nitrogens is 2. The first-order valence-corrected chi connectivity index (χ1v) is 3.21. The van der Waals surface area contributed by atoms with Crippen LogP contribution < -0.4 is 11.1 Å². The van der Waals surface area contributed by atoms with Crippen LogP contribution >= 0.6 is 0 Å². The predicted molar refractivity (Wildman–Crippen MR) is 37.8 cm³/mol. The van der Waals surface area contributed by atoms with Crippen LogP contribution in [-0.4, -0.2) is 34.4 Å². The molecule has 0 fully saturated rings. The van der Waals surface area contributed by atoms with Crippen molar-refractivity contribution in [3.8, 4) is 0 Å². The molecule has 0 saturated heterocycles. The molecular weight excluding hydrogens is 148 g/mol. The maximum Gasteiger partial charge on any atom is 0.321 e. The van der Waals surface area contributed by atoms with Crippen LogP contribution in [0.1, 0.15) is 0 Å². The fourth-order valence-corrected chi connectivity index (χ4v) is 0.539. The highest BCUT2D eigenvalue weighted by Crippen LogP contribution is 1.96. The molecule has 1 aromatic heterocycles. The van der Waals surface area contributed by atoms with Crippen molar-refractivity contribution in [1.29, 1.82) is 0 Å². The lowest BCUT2D eigenvalue weighted by atomic mass is 10.4. The second-order valence-electron chi connectivity index (χ2n) is 2.02. The average Bonchev–Trinajstić information content (AvgIpc) is 2.52. The van der Waals surface area contributed by atoms with E-state index in [4.69, 9.17) is 10.8 Å². The quantitative estimate of drug-likeness (QED) is 0.509. The third-order valence-corrected chi connectivity index (χ3v) is 1.12. The fourth-order valence-electron chi connectivity index (χ4n) is 0.539. The number of nitrogens with one attached hydrogen (secondary N) is 1. The standard InChI is InChI=1S/C5H10N4O2/c6-1-4(10)2-7-5-8-3-9-11-5/h3-4,10H,1-2,6H2,(H,7,8,9). The lowest BCUT2D eigenvalue weighted by Crippen LogP contribution is -2.27. The Morgan fingerprint density at radius 3 is 3.18 bits per heavy atom. The summed E-state index contributed by atoms with van der Waals surface area (Å²) in [7, 11) is 0. The van der Waals surface area contributed by atoms with Crippen molar-refractivity contribution in [2.24, 2.45) is 5.73 Å². The van der Waals surface area contributed by atoms with Gasteiger partial charge in [-0.2, -0.15) is 4.98 Å². The molecular formula is C5H10N4O2. The Labute approximate surface area is 63.4 Å². The summed E-state index contributed by atoms with van der Waals surface area (Å²) >= 11 is 0. The van der Waals surface area contributed by atoms with Gasteiger partial charge in [-0.25, -0.2) is 0 Å². The van der Waals surface area contributed by atoms with Gasteiger partial charge in [0.2, 0.25) is 0 Å².